The molecule has 0 saturated carbocycles. The summed E-state index contributed by atoms with van der Waals surface area (Å²) >= 11 is 0. The molecule has 3 aromatic rings. The molecule has 0 aliphatic carbocycles. The van der Waals surface area contributed by atoms with Crippen molar-refractivity contribution < 1.29 is 24.3 Å². The fraction of sp³-hybridized carbons (Fsp3) is 0.240. The molecule has 3 amide bonds. The number of furan rings is 1. The van der Waals surface area contributed by atoms with E-state index < -0.39 is 0 Å². The fourth-order valence-electron chi connectivity index (χ4n) is 4.40. The largest absolute Gasteiger partial charge is 0.459 e. The van der Waals surface area contributed by atoms with Gasteiger partial charge in [0.2, 0.25) is 5.91 Å². The van der Waals surface area contributed by atoms with E-state index in [4.69, 9.17) is 4.42 Å². The van der Waals surface area contributed by atoms with Crippen LogP contribution >= 0.6 is 12.4 Å². The number of nitrogens with zero attached hydrogens (tertiary/aromatic N) is 4. The van der Waals surface area contributed by atoms with Crippen LogP contribution in [0.1, 0.15) is 20.9 Å². The number of rotatable bonds is 3. The molecule has 0 unspecified atom stereocenters. The Morgan fingerprint density at radius 3 is 2.14 bits per heavy atom. The van der Waals surface area contributed by atoms with E-state index in [1.807, 2.05) is 35.2 Å². The predicted molar refractivity (Wildman–Crippen MR) is 135 cm³/mol. The lowest BCUT2D eigenvalue weighted by atomic mass is 10.1. The van der Waals surface area contributed by atoms with E-state index in [0.717, 1.165) is 0 Å². The monoisotopic (exact) mass is 498 g/mol. The molecule has 0 radical (unpaired) electrons. The van der Waals surface area contributed by atoms with E-state index in [9.17, 15) is 14.4 Å². The van der Waals surface area contributed by atoms with Gasteiger partial charge in [-0.1, -0.05) is 24.3 Å². The van der Waals surface area contributed by atoms with Crippen molar-refractivity contribution in [3.05, 3.63) is 78.3 Å². The maximum atomic E-state index is 13.6. The molecule has 3 heterocycles. The molecule has 1 fully saturated rings. The molecule has 1 saturated heterocycles. The van der Waals surface area contributed by atoms with E-state index in [0.29, 0.717) is 54.6 Å². The number of benzene rings is 2. The van der Waals surface area contributed by atoms with Gasteiger partial charge in [-0.2, -0.15) is 0 Å². The van der Waals surface area contributed by atoms with Gasteiger partial charge in [-0.25, -0.2) is 0 Å². The standard InChI is InChI=1S/C25H24N4O4.ClH.H2O/c1-26-20-9-4-5-10-21(20)29(19-8-3-2-7-18(19)24(26)31)23(30)17-27-12-14-28(15-13-27)25(32)22-11-6-16-33-22;;/h2-11,16H,12-15,17H2,1H3;1H;1H2. The van der Waals surface area contributed by atoms with E-state index in [2.05, 4.69) is 0 Å². The summed E-state index contributed by atoms with van der Waals surface area (Å²) in [5.74, 6) is -0.0868. The van der Waals surface area contributed by atoms with Crippen LogP contribution in [0.5, 0.6) is 0 Å². The highest BCUT2D eigenvalue weighted by Crippen LogP contribution is 2.40. The Labute approximate surface area is 209 Å². The molecule has 2 aromatic carbocycles. The second kappa shape index (κ2) is 10.7. The van der Waals surface area contributed by atoms with Crippen LogP contribution in [-0.4, -0.2) is 72.8 Å². The number of hydrogen-bond donors (Lipinski definition) is 0. The van der Waals surface area contributed by atoms with Gasteiger partial charge in [0.1, 0.15) is 0 Å². The minimum atomic E-state index is -0.154. The predicted octanol–water partition coefficient (Wildman–Crippen LogP) is 2.59. The molecule has 5 rings (SSSR count). The van der Waals surface area contributed by atoms with E-state index in [1.165, 1.54) is 6.26 Å². The Hall–Kier alpha value is -3.66. The summed E-state index contributed by atoms with van der Waals surface area (Å²) in [4.78, 5) is 46.2. The highest BCUT2D eigenvalue weighted by molar-refractivity contribution is 6.18. The number of carbonyl (C=O) groups excluding carboxylic acids is 3. The SMILES string of the molecule is CN1C(=O)c2ccccc2N(C(=O)CN2CCN(C(=O)c3ccco3)CC2)c2ccccc21.Cl.O. The number of para-hydroxylation sites is 3. The number of anilines is 3. The van der Waals surface area contributed by atoms with Crippen LogP contribution in [0.4, 0.5) is 17.1 Å². The van der Waals surface area contributed by atoms with Crippen molar-refractivity contribution in [3.63, 3.8) is 0 Å². The van der Waals surface area contributed by atoms with Crippen LogP contribution < -0.4 is 9.80 Å². The average molecular weight is 499 g/mol. The second-order valence-corrected chi connectivity index (χ2v) is 8.14. The zero-order valence-electron chi connectivity index (χ0n) is 19.2. The molecule has 9 nitrogen and oxygen atoms in total. The molecule has 2 aliphatic rings. The Bertz CT molecular complexity index is 1210. The van der Waals surface area contributed by atoms with Crippen LogP contribution in [0.3, 0.4) is 0 Å². The quantitative estimate of drug-likeness (QED) is 0.551. The van der Waals surface area contributed by atoms with Crippen molar-refractivity contribution in [2.75, 3.05) is 49.6 Å². The third kappa shape index (κ3) is 4.79. The summed E-state index contributed by atoms with van der Waals surface area (Å²) in [7, 11) is 1.72. The molecule has 35 heavy (non-hydrogen) atoms. The van der Waals surface area contributed by atoms with Gasteiger partial charge in [-0.15, -0.1) is 12.4 Å². The van der Waals surface area contributed by atoms with Crippen molar-refractivity contribution in [2.24, 2.45) is 0 Å². The first kappa shape index (κ1) is 26.0. The van der Waals surface area contributed by atoms with Gasteiger partial charge in [0.25, 0.3) is 11.8 Å². The molecular weight excluding hydrogens is 472 g/mol. The van der Waals surface area contributed by atoms with Gasteiger partial charge in [-0.3, -0.25) is 24.2 Å². The van der Waals surface area contributed by atoms with E-state index in [1.54, 1.807) is 52.1 Å². The fourth-order valence-corrected chi connectivity index (χ4v) is 4.40. The van der Waals surface area contributed by atoms with Crippen LogP contribution in [0.25, 0.3) is 0 Å². The summed E-state index contributed by atoms with van der Waals surface area (Å²) < 4.78 is 5.22. The maximum absolute atomic E-state index is 13.6. The summed E-state index contributed by atoms with van der Waals surface area (Å²) in [6.07, 6.45) is 1.49. The van der Waals surface area contributed by atoms with Crippen molar-refractivity contribution in [3.8, 4) is 0 Å². The van der Waals surface area contributed by atoms with Gasteiger partial charge in [0.05, 0.1) is 35.4 Å². The molecule has 2 aliphatic heterocycles. The molecule has 10 heteroatoms. The van der Waals surface area contributed by atoms with Gasteiger partial charge < -0.3 is 19.7 Å². The maximum Gasteiger partial charge on any atom is 0.289 e. The number of hydrogen-bond acceptors (Lipinski definition) is 5. The van der Waals surface area contributed by atoms with Crippen LogP contribution in [0.2, 0.25) is 0 Å². The lowest BCUT2D eigenvalue weighted by Gasteiger charge is -2.35. The summed E-state index contributed by atoms with van der Waals surface area (Å²) in [6, 6.07) is 18.0. The molecule has 0 atom stereocenters. The number of piperazine rings is 1. The summed E-state index contributed by atoms with van der Waals surface area (Å²) in [5.41, 5.74) is 2.42. The molecule has 1 aromatic heterocycles. The van der Waals surface area contributed by atoms with Crippen molar-refractivity contribution in [1.29, 1.82) is 0 Å². The zero-order chi connectivity index (χ0) is 22.9. The van der Waals surface area contributed by atoms with Crippen LogP contribution in [-0.2, 0) is 4.79 Å². The summed E-state index contributed by atoms with van der Waals surface area (Å²) in [5, 5.41) is 0. The lowest BCUT2D eigenvalue weighted by Crippen LogP contribution is -2.51. The Balaban J connectivity index is 0.00000171. The van der Waals surface area contributed by atoms with E-state index in [-0.39, 0.29) is 42.1 Å². The van der Waals surface area contributed by atoms with Gasteiger partial charge in [-0.05, 0) is 36.4 Å². The normalized spacial score (nSPS) is 15.3. The Morgan fingerprint density at radius 2 is 1.49 bits per heavy atom. The van der Waals surface area contributed by atoms with Gasteiger partial charge in [0, 0.05) is 33.2 Å². The van der Waals surface area contributed by atoms with Crippen molar-refractivity contribution in [2.45, 2.75) is 0 Å². The smallest absolute Gasteiger partial charge is 0.289 e. The van der Waals surface area contributed by atoms with Crippen molar-refractivity contribution >= 4 is 47.2 Å². The first-order chi connectivity index (χ1) is 16.0. The molecule has 0 spiro atoms. The molecule has 2 N–H and O–H groups in total. The molecular formula is C25H27ClN4O5. The van der Waals surface area contributed by atoms with Gasteiger partial charge >= 0.3 is 0 Å². The number of amides is 3. The second-order valence-electron chi connectivity index (χ2n) is 8.14. The van der Waals surface area contributed by atoms with Gasteiger partial charge in [0.15, 0.2) is 5.76 Å². The summed E-state index contributed by atoms with van der Waals surface area (Å²) in [6.45, 7) is 2.37. The molecule has 184 valence electrons. The molecule has 0 bridgehead atoms. The third-order valence-corrected chi connectivity index (χ3v) is 6.16. The van der Waals surface area contributed by atoms with Crippen LogP contribution in [0.15, 0.2) is 71.3 Å². The lowest BCUT2D eigenvalue weighted by molar-refractivity contribution is -0.119. The first-order valence-corrected chi connectivity index (χ1v) is 10.9. The topological polar surface area (TPSA) is 109 Å². The average Bonchev–Trinajstić information content (AvgIpc) is 3.36. The van der Waals surface area contributed by atoms with Crippen molar-refractivity contribution in [1.82, 2.24) is 9.80 Å². The highest BCUT2D eigenvalue weighted by Gasteiger charge is 2.33. The zero-order valence-corrected chi connectivity index (χ0v) is 20.0. The number of carbonyl (C=O) groups is 3. The third-order valence-electron chi connectivity index (χ3n) is 6.16. The number of halogens is 1. The highest BCUT2D eigenvalue weighted by atomic mass is 35.5. The van der Waals surface area contributed by atoms with E-state index >= 15 is 0 Å². The number of fused-ring (bicyclic) bond motifs is 2. The minimum absolute atomic E-state index is 0. The Kier molecular flexibility index (Phi) is 7.96. The minimum Gasteiger partial charge on any atom is -0.459 e. The van der Waals surface area contributed by atoms with Crippen LogP contribution in [0, 0.1) is 0 Å². The Morgan fingerprint density at radius 1 is 0.857 bits per heavy atom. The first-order valence-electron chi connectivity index (χ1n) is 10.9.